The van der Waals surface area contributed by atoms with Gasteiger partial charge < -0.3 is 15.7 Å². The Bertz CT molecular complexity index is 314. The summed E-state index contributed by atoms with van der Waals surface area (Å²) in [6.07, 6.45) is 8.16. The van der Waals surface area contributed by atoms with Gasteiger partial charge in [-0.05, 0) is 18.3 Å². The van der Waals surface area contributed by atoms with E-state index in [4.69, 9.17) is 5.11 Å². The zero-order chi connectivity index (χ0) is 15.0. The number of amides is 2. The van der Waals surface area contributed by atoms with Crippen LogP contribution in [0, 0.1) is 11.8 Å². The van der Waals surface area contributed by atoms with E-state index in [0.29, 0.717) is 12.5 Å². The molecular formula is C15H28N2O3. The Balaban J connectivity index is 2.25. The second kappa shape index (κ2) is 8.82. The normalized spacial score (nSPS) is 19.1. The third-order valence-corrected chi connectivity index (χ3v) is 4.33. The molecule has 0 unspecified atom stereocenters. The lowest BCUT2D eigenvalue weighted by Gasteiger charge is -2.23. The number of urea groups is 1. The van der Waals surface area contributed by atoms with Crippen LogP contribution in [-0.2, 0) is 4.79 Å². The monoisotopic (exact) mass is 284 g/mol. The third-order valence-electron chi connectivity index (χ3n) is 4.33. The summed E-state index contributed by atoms with van der Waals surface area (Å²) in [5.41, 5.74) is 0. The molecule has 3 N–H and O–H groups in total. The Morgan fingerprint density at radius 3 is 2.45 bits per heavy atom. The average molecular weight is 284 g/mol. The second-order valence-corrected chi connectivity index (χ2v) is 5.89. The highest BCUT2D eigenvalue weighted by molar-refractivity contribution is 5.82. The van der Waals surface area contributed by atoms with Crippen LogP contribution in [0.4, 0.5) is 4.79 Å². The fourth-order valence-corrected chi connectivity index (χ4v) is 2.74. The molecule has 2 amide bonds. The molecule has 1 fully saturated rings. The number of carbonyl (C=O) groups is 2. The van der Waals surface area contributed by atoms with E-state index in [1.54, 1.807) is 0 Å². The lowest BCUT2D eigenvalue weighted by molar-refractivity contribution is -0.140. The van der Waals surface area contributed by atoms with Gasteiger partial charge in [0.05, 0.1) is 0 Å². The number of carboxylic acids is 1. The van der Waals surface area contributed by atoms with Crippen molar-refractivity contribution in [2.24, 2.45) is 11.8 Å². The lowest BCUT2D eigenvalue weighted by Crippen LogP contribution is -2.49. The molecule has 2 atom stereocenters. The van der Waals surface area contributed by atoms with Crippen LogP contribution < -0.4 is 10.6 Å². The summed E-state index contributed by atoms with van der Waals surface area (Å²) in [5.74, 6) is -0.327. The average Bonchev–Trinajstić information content (AvgIpc) is 2.45. The smallest absolute Gasteiger partial charge is 0.326 e. The van der Waals surface area contributed by atoms with Crippen molar-refractivity contribution in [1.29, 1.82) is 0 Å². The fourth-order valence-electron chi connectivity index (χ4n) is 2.74. The van der Waals surface area contributed by atoms with Crippen molar-refractivity contribution in [3.63, 3.8) is 0 Å². The van der Waals surface area contributed by atoms with Gasteiger partial charge in [0.2, 0.25) is 0 Å². The molecule has 20 heavy (non-hydrogen) atoms. The molecule has 0 aromatic heterocycles. The first-order chi connectivity index (χ1) is 9.54. The van der Waals surface area contributed by atoms with Gasteiger partial charge in [-0.15, -0.1) is 0 Å². The van der Waals surface area contributed by atoms with Crippen LogP contribution in [0.3, 0.4) is 0 Å². The number of aliphatic carboxylic acids is 1. The summed E-state index contributed by atoms with van der Waals surface area (Å²) in [4.78, 5) is 22.8. The Kier molecular flexibility index (Phi) is 7.41. The standard InChI is InChI=1S/C15H28N2O3/c1-3-11(2)13(14(18)19)17-15(20)16-10-9-12-7-5-4-6-8-12/h11-13H,3-10H2,1-2H3,(H,18,19)(H2,16,17,20)/t11-,13-/m0/s1. The number of rotatable bonds is 7. The quantitative estimate of drug-likeness (QED) is 0.672. The van der Waals surface area contributed by atoms with E-state index in [1.165, 1.54) is 32.1 Å². The number of carbonyl (C=O) groups excluding carboxylic acids is 1. The summed E-state index contributed by atoms with van der Waals surface area (Å²) < 4.78 is 0. The van der Waals surface area contributed by atoms with Crippen molar-refractivity contribution < 1.29 is 14.7 Å². The Hall–Kier alpha value is -1.26. The Morgan fingerprint density at radius 1 is 1.25 bits per heavy atom. The van der Waals surface area contributed by atoms with E-state index in [1.807, 2.05) is 13.8 Å². The lowest BCUT2D eigenvalue weighted by atomic mass is 9.87. The van der Waals surface area contributed by atoms with E-state index in [2.05, 4.69) is 10.6 Å². The highest BCUT2D eigenvalue weighted by Gasteiger charge is 2.25. The van der Waals surface area contributed by atoms with E-state index in [0.717, 1.165) is 12.8 Å². The third kappa shape index (κ3) is 5.80. The molecular weight excluding hydrogens is 256 g/mol. The van der Waals surface area contributed by atoms with E-state index >= 15 is 0 Å². The predicted molar refractivity (Wildman–Crippen MR) is 78.6 cm³/mol. The predicted octanol–water partition coefficient (Wildman–Crippen LogP) is 2.76. The maximum absolute atomic E-state index is 11.7. The van der Waals surface area contributed by atoms with Crippen LogP contribution in [0.25, 0.3) is 0 Å². The summed E-state index contributed by atoms with van der Waals surface area (Å²) in [6.45, 7) is 4.38. The van der Waals surface area contributed by atoms with Gasteiger partial charge in [0.15, 0.2) is 0 Å². The van der Waals surface area contributed by atoms with Crippen LogP contribution in [0.5, 0.6) is 0 Å². The van der Waals surface area contributed by atoms with Crippen molar-refractivity contribution >= 4 is 12.0 Å². The van der Waals surface area contributed by atoms with E-state index in [9.17, 15) is 9.59 Å². The summed E-state index contributed by atoms with van der Waals surface area (Å²) in [7, 11) is 0. The summed E-state index contributed by atoms with van der Waals surface area (Å²) >= 11 is 0. The van der Waals surface area contributed by atoms with Gasteiger partial charge in [0.25, 0.3) is 0 Å². The zero-order valence-electron chi connectivity index (χ0n) is 12.7. The molecule has 5 nitrogen and oxygen atoms in total. The van der Waals surface area contributed by atoms with Crippen molar-refractivity contribution in [3.8, 4) is 0 Å². The molecule has 1 aliphatic carbocycles. The molecule has 0 heterocycles. The maximum atomic E-state index is 11.7. The van der Waals surface area contributed by atoms with Crippen LogP contribution in [0.2, 0.25) is 0 Å². The minimum absolute atomic E-state index is 0.0726. The van der Waals surface area contributed by atoms with E-state index in [-0.39, 0.29) is 11.9 Å². The minimum atomic E-state index is -0.971. The van der Waals surface area contributed by atoms with Crippen molar-refractivity contribution in [2.75, 3.05) is 6.54 Å². The largest absolute Gasteiger partial charge is 0.480 e. The SMILES string of the molecule is CC[C@H](C)[C@H](NC(=O)NCCC1CCCCC1)C(=O)O. The van der Waals surface area contributed by atoms with Gasteiger partial charge in [-0.25, -0.2) is 9.59 Å². The number of hydrogen-bond donors (Lipinski definition) is 3. The Morgan fingerprint density at radius 2 is 1.90 bits per heavy atom. The van der Waals surface area contributed by atoms with Gasteiger partial charge in [-0.3, -0.25) is 0 Å². The van der Waals surface area contributed by atoms with Crippen molar-refractivity contribution in [1.82, 2.24) is 10.6 Å². The summed E-state index contributed by atoms with van der Waals surface area (Å²) in [5, 5.41) is 14.4. The molecule has 0 aliphatic heterocycles. The van der Waals surface area contributed by atoms with Gasteiger partial charge in [0, 0.05) is 6.54 Å². The molecule has 0 aromatic rings. The van der Waals surface area contributed by atoms with Gasteiger partial charge in [-0.2, -0.15) is 0 Å². The molecule has 0 radical (unpaired) electrons. The van der Waals surface area contributed by atoms with Crippen molar-refractivity contribution in [2.45, 2.75) is 64.8 Å². The molecule has 1 rings (SSSR count). The number of nitrogens with one attached hydrogen (secondary N) is 2. The highest BCUT2D eigenvalue weighted by Crippen LogP contribution is 2.25. The van der Waals surface area contributed by atoms with Crippen LogP contribution in [-0.4, -0.2) is 29.7 Å². The first kappa shape index (κ1) is 16.8. The first-order valence-corrected chi connectivity index (χ1v) is 7.81. The topological polar surface area (TPSA) is 78.4 Å². The molecule has 0 saturated heterocycles. The van der Waals surface area contributed by atoms with E-state index < -0.39 is 12.0 Å². The number of hydrogen-bond acceptors (Lipinski definition) is 2. The van der Waals surface area contributed by atoms with Gasteiger partial charge >= 0.3 is 12.0 Å². The molecule has 1 aliphatic rings. The Labute approximate surface area is 121 Å². The molecule has 116 valence electrons. The van der Waals surface area contributed by atoms with Crippen LogP contribution in [0.1, 0.15) is 58.8 Å². The fraction of sp³-hybridized carbons (Fsp3) is 0.867. The molecule has 0 aromatic carbocycles. The second-order valence-electron chi connectivity index (χ2n) is 5.89. The van der Waals surface area contributed by atoms with Gasteiger partial charge in [0.1, 0.15) is 6.04 Å². The molecule has 0 bridgehead atoms. The molecule has 5 heteroatoms. The number of carboxylic acid groups (broad SMARTS) is 1. The first-order valence-electron chi connectivity index (χ1n) is 7.81. The molecule has 0 spiro atoms. The van der Waals surface area contributed by atoms with Crippen LogP contribution >= 0.6 is 0 Å². The highest BCUT2D eigenvalue weighted by atomic mass is 16.4. The van der Waals surface area contributed by atoms with Crippen LogP contribution in [0.15, 0.2) is 0 Å². The summed E-state index contributed by atoms with van der Waals surface area (Å²) in [6, 6.07) is -1.18. The minimum Gasteiger partial charge on any atom is -0.480 e. The van der Waals surface area contributed by atoms with Gasteiger partial charge in [-0.1, -0.05) is 52.4 Å². The zero-order valence-corrected chi connectivity index (χ0v) is 12.7. The molecule has 1 saturated carbocycles. The maximum Gasteiger partial charge on any atom is 0.326 e. The van der Waals surface area contributed by atoms with Crippen molar-refractivity contribution in [3.05, 3.63) is 0 Å².